The van der Waals surface area contributed by atoms with Crippen LogP contribution in [0.2, 0.25) is 0 Å². The van der Waals surface area contributed by atoms with Crippen molar-refractivity contribution in [3.8, 4) is 0 Å². The summed E-state index contributed by atoms with van der Waals surface area (Å²) in [5, 5.41) is 3.21. The third kappa shape index (κ3) is 4.33. The first-order valence-electron chi connectivity index (χ1n) is 14.9. The predicted octanol–water partition coefficient (Wildman–Crippen LogP) is 5.19. The summed E-state index contributed by atoms with van der Waals surface area (Å²) in [4.78, 5) is 22.5. The van der Waals surface area contributed by atoms with E-state index in [4.69, 9.17) is 4.98 Å². The summed E-state index contributed by atoms with van der Waals surface area (Å²) in [6.45, 7) is 8.01. The van der Waals surface area contributed by atoms with Crippen LogP contribution in [-0.2, 0) is 24.3 Å². The minimum atomic E-state index is 0.0491. The normalized spacial score (nSPS) is 28.5. The average Bonchev–Trinajstić information content (AvgIpc) is 3.47. The van der Waals surface area contributed by atoms with E-state index in [2.05, 4.69) is 81.2 Å². The molecule has 1 aromatic heterocycles. The molecule has 2 aromatic carbocycles. The molecule has 39 heavy (non-hydrogen) atoms. The lowest BCUT2D eigenvalue weighted by molar-refractivity contribution is -0.188. The van der Waals surface area contributed by atoms with E-state index in [1.165, 1.54) is 54.0 Å². The molecule has 5 atom stereocenters. The molecule has 204 valence electrons. The van der Waals surface area contributed by atoms with Crippen LogP contribution in [0.3, 0.4) is 0 Å². The molecule has 1 spiro atoms. The van der Waals surface area contributed by atoms with Crippen LogP contribution in [0.4, 0.5) is 0 Å². The third-order valence-electron chi connectivity index (χ3n) is 10.3. The number of carbonyl (C=O) groups is 1. The number of nitrogens with zero attached hydrogens (tertiary/aromatic N) is 4. The number of likely N-dealkylation sites (tertiary alicyclic amines) is 1. The lowest BCUT2D eigenvalue weighted by atomic mass is 9.53. The molecule has 2 saturated carbocycles. The Morgan fingerprint density at radius 2 is 1.87 bits per heavy atom. The Morgan fingerprint density at radius 1 is 1.10 bits per heavy atom. The Bertz CT molecular complexity index is 1340. The number of fused-ring (bicyclic) bond motifs is 1. The molecular weight excluding hydrogens is 482 g/mol. The summed E-state index contributed by atoms with van der Waals surface area (Å²) in [5.41, 5.74) is 5.90. The Labute approximate surface area is 232 Å². The number of nitrogens with one attached hydrogen (secondary N) is 1. The first-order chi connectivity index (χ1) is 19.0. The van der Waals surface area contributed by atoms with Crippen LogP contribution >= 0.6 is 0 Å². The number of hydrogen-bond acceptors (Lipinski definition) is 4. The number of rotatable bonds is 8. The number of benzene rings is 2. The first-order valence-corrected chi connectivity index (χ1v) is 14.9. The van der Waals surface area contributed by atoms with Gasteiger partial charge in [-0.1, -0.05) is 60.7 Å². The molecule has 2 aliphatic heterocycles. The second-order valence-electron chi connectivity index (χ2n) is 12.5. The van der Waals surface area contributed by atoms with Gasteiger partial charge in [-0.15, -0.1) is 0 Å². The molecule has 6 heteroatoms. The van der Waals surface area contributed by atoms with Gasteiger partial charge in [0.1, 0.15) is 5.82 Å². The van der Waals surface area contributed by atoms with Crippen molar-refractivity contribution in [3.63, 3.8) is 0 Å². The molecule has 1 saturated heterocycles. The van der Waals surface area contributed by atoms with E-state index < -0.39 is 0 Å². The third-order valence-corrected chi connectivity index (χ3v) is 10.3. The lowest BCUT2D eigenvalue weighted by Gasteiger charge is -2.68. The van der Waals surface area contributed by atoms with Gasteiger partial charge >= 0.3 is 0 Å². The molecule has 7 rings (SSSR count). The topological polar surface area (TPSA) is 53.4 Å². The van der Waals surface area contributed by atoms with Crippen molar-refractivity contribution in [2.75, 3.05) is 13.1 Å². The number of piperidine rings is 1. The predicted molar refractivity (Wildman–Crippen MR) is 153 cm³/mol. The molecule has 3 fully saturated rings. The summed E-state index contributed by atoms with van der Waals surface area (Å²) in [7, 11) is 0. The van der Waals surface area contributed by atoms with Gasteiger partial charge in [0.05, 0.1) is 17.4 Å². The van der Waals surface area contributed by atoms with Crippen molar-refractivity contribution in [2.24, 2.45) is 5.41 Å². The molecular formula is C33H41N5O. The fourth-order valence-electron chi connectivity index (χ4n) is 8.59. The zero-order chi connectivity index (χ0) is 26.6. The minimum Gasteiger partial charge on any atom is -0.349 e. The Hall–Kier alpha value is -2.96. The van der Waals surface area contributed by atoms with Crippen molar-refractivity contribution in [3.05, 3.63) is 89.0 Å². The lowest BCUT2D eigenvalue weighted by Crippen LogP contribution is -2.74. The minimum absolute atomic E-state index is 0.0491. The van der Waals surface area contributed by atoms with Gasteiger partial charge in [0.15, 0.2) is 0 Å². The number of amides is 1. The second kappa shape index (κ2) is 9.90. The van der Waals surface area contributed by atoms with Crippen LogP contribution in [0.25, 0.3) is 0 Å². The number of aromatic nitrogens is 2. The zero-order valence-corrected chi connectivity index (χ0v) is 23.4. The summed E-state index contributed by atoms with van der Waals surface area (Å²) in [6.07, 6.45) is 7.25. The highest BCUT2D eigenvalue weighted by molar-refractivity contribution is 5.73. The van der Waals surface area contributed by atoms with Gasteiger partial charge in [-0.3, -0.25) is 14.6 Å². The number of aryl methyl sites for hydroxylation is 1. The maximum atomic E-state index is 12.0. The number of imidazole rings is 1. The van der Waals surface area contributed by atoms with Gasteiger partial charge in [-0.25, -0.2) is 4.98 Å². The summed E-state index contributed by atoms with van der Waals surface area (Å²) in [6, 6.07) is 23.4. The zero-order valence-electron chi connectivity index (χ0n) is 23.4. The van der Waals surface area contributed by atoms with Crippen LogP contribution in [-0.4, -0.2) is 50.4 Å². The maximum Gasteiger partial charge on any atom is 0.217 e. The highest BCUT2D eigenvalue weighted by atomic mass is 16.1. The van der Waals surface area contributed by atoms with Crippen LogP contribution in [0.1, 0.15) is 79.5 Å². The average molecular weight is 524 g/mol. The van der Waals surface area contributed by atoms with Gasteiger partial charge in [0.2, 0.25) is 5.91 Å². The highest BCUT2D eigenvalue weighted by Crippen LogP contribution is 2.67. The van der Waals surface area contributed by atoms with Gasteiger partial charge in [-0.2, -0.15) is 0 Å². The van der Waals surface area contributed by atoms with Crippen molar-refractivity contribution in [1.82, 2.24) is 24.7 Å². The first kappa shape index (κ1) is 25.0. The van der Waals surface area contributed by atoms with Crippen LogP contribution in [0.5, 0.6) is 0 Å². The Morgan fingerprint density at radius 3 is 2.59 bits per heavy atom. The van der Waals surface area contributed by atoms with Crippen LogP contribution < -0.4 is 5.32 Å². The van der Waals surface area contributed by atoms with Gasteiger partial charge < -0.3 is 9.88 Å². The van der Waals surface area contributed by atoms with Gasteiger partial charge in [0.25, 0.3) is 0 Å². The SMILES string of the molecule is CC(=O)N[C@@H](CCN1C2CCC23CC(n2c(C)nc4c2CN(Cc2ccccc2)CC4)CC13)c1ccccc1. The standard InChI is InChI=1S/C33H41N5O/c1-23-34-29-14-17-36(21-25-9-5-3-6-10-25)22-30(29)38(23)27-19-32-33(20-27)16-13-31(33)37(32)18-15-28(35-24(2)39)26-11-7-4-8-12-26/h3-12,27-28,31-32H,13-22H2,1-2H3,(H,35,39)/t27?,28-,31?,32?,33?/m0/s1. The van der Waals surface area contributed by atoms with Gasteiger partial charge in [0, 0.05) is 63.1 Å². The molecule has 0 bridgehead atoms. The second-order valence-corrected chi connectivity index (χ2v) is 12.5. The van der Waals surface area contributed by atoms with Crippen molar-refractivity contribution < 1.29 is 4.79 Å². The maximum absolute atomic E-state index is 12.0. The van der Waals surface area contributed by atoms with E-state index in [0.29, 0.717) is 17.5 Å². The van der Waals surface area contributed by atoms with E-state index in [1.54, 1.807) is 6.92 Å². The highest BCUT2D eigenvalue weighted by Gasteiger charge is 2.69. The Kier molecular flexibility index (Phi) is 6.36. The molecule has 6 nitrogen and oxygen atoms in total. The fraction of sp³-hybridized carbons (Fsp3) is 0.515. The molecule has 1 N–H and O–H groups in total. The molecule has 4 unspecified atom stereocenters. The van der Waals surface area contributed by atoms with Gasteiger partial charge in [-0.05, 0) is 50.2 Å². The molecule has 1 amide bonds. The van der Waals surface area contributed by atoms with E-state index >= 15 is 0 Å². The quantitative estimate of drug-likeness (QED) is 0.442. The molecule has 0 radical (unpaired) electrons. The number of hydrogen-bond donors (Lipinski definition) is 1. The summed E-state index contributed by atoms with van der Waals surface area (Å²) < 4.78 is 2.65. The number of carbonyl (C=O) groups excluding carboxylic acids is 1. The summed E-state index contributed by atoms with van der Waals surface area (Å²) in [5.74, 6) is 1.26. The molecule has 3 aromatic rings. The van der Waals surface area contributed by atoms with Crippen molar-refractivity contribution in [1.29, 1.82) is 0 Å². The van der Waals surface area contributed by atoms with Crippen LogP contribution in [0, 0.1) is 12.3 Å². The van der Waals surface area contributed by atoms with Crippen molar-refractivity contribution in [2.45, 2.75) is 89.6 Å². The fourth-order valence-corrected chi connectivity index (χ4v) is 8.59. The van der Waals surface area contributed by atoms with E-state index in [9.17, 15) is 4.79 Å². The molecule has 4 aliphatic rings. The van der Waals surface area contributed by atoms with E-state index in [0.717, 1.165) is 45.1 Å². The molecule has 2 aliphatic carbocycles. The molecule has 3 heterocycles. The largest absolute Gasteiger partial charge is 0.349 e. The Balaban J connectivity index is 1.06. The smallest absolute Gasteiger partial charge is 0.217 e. The van der Waals surface area contributed by atoms with E-state index in [-0.39, 0.29) is 11.9 Å². The monoisotopic (exact) mass is 523 g/mol. The summed E-state index contributed by atoms with van der Waals surface area (Å²) >= 11 is 0. The van der Waals surface area contributed by atoms with Crippen LogP contribution in [0.15, 0.2) is 60.7 Å². The van der Waals surface area contributed by atoms with E-state index in [1.807, 2.05) is 6.07 Å². The van der Waals surface area contributed by atoms with Crippen molar-refractivity contribution >= 4 is 5.91 Å².